The molecule has 3 aromatic rings. The van der Waals surface area contributed by atoms with Gasteiger partial charge >= 0.3 is 0 Å². The fourth-order valence-corrected chi connectivity index (χ4v) is 6.43. The van der Waals surface area contributed by atoms with Crippen molar-refractivity contribution in [2.75, 3.05) is 13.1 Å². The molecule has 2 aromatic carbocycles. The monoisotopic (exact) mass is 408 g/mol. The van der Waals surface area contributed by atoms with Crippen LogP contribution in [0.4, 0.5) is 0 Å². The molecule has 0 aliphatic carbocycles. The summed E-state index contributed by atoms with van der Waals surface area (Å²) in [6, 6.07) is 16.9. The minimum absolute atomic E-state index is 0.0778. The van der Waals surface area contributed by atoms with Gasteiger partial charge in [-0.25, -0.2) is 13.4 Å². The molecule has 0 spiro atoms. The Labute approximate surface area is 171 Å². The van der Waals surface area contributed by atoms with Crippen LogP contribution in [0.15, 0.2) is 66.1 Å². The van der Waals surface area contributed by atoms with E-state index >= 15 is 0 Å². The Bertz CT molecular complexity index is 1120. The zero-order valence-electron chi connectivity index (χ0n) is 16.5. The number of aryl methyl sites for hydroxylation is 2. The van der Waals surface area contributed by atoms with Crippen LogP contribution in [0.3, 0.4) is 0 Å². The highest BCUT2D eigenvalue weighted by atomic mass is 32.2. The molecule has 29 heavy (non-hydrogen) atoms. The van der Waals surface area contributed by atoms with Crippen LogP contribution in [-0.4, -0.2) is 47.4 Å². The van der Waals surface area contributed by atoms with Crippen LogP contribution < -0.4 is 5.32 Å². The summed E-state index contributed by atoms with van der Waals surface area (Å²) in [6.45, 7) is 3.40. The van der Waals surface area contributed by atoms with Gasteiger partial charge < -0.3 is 9.88 Å². The average molecular weight is 409 g/mol. The van der Waals surface area contributed by atoms with Crippen LogP contribution in [0.25, 0.3) is 11.1 Å². The van der Waals surface area contributed by atoms with Gasteiger partial charge in [-0.3, -0.25) is 0 Å². The first-order valence-electron chi connectivity index (χ1n) is 9.84. The highest BCUT2D eigenvalue weighted by molar-refractivity contribution is 7.89. The molecule has 0 saturated carbocycles. The lowest BCUT2D eigenvalue weighted by Crippen LogP contribution is -2.73. The molecule has 2 saturated heterocycles. The Morgan fingerprint density at radius 3 is 2.10 bits per heavy atom. The summed E-state index contributed by atoms with van der Waals surface area (Å²) in [6.07, 6.45) is 3.10. The minimum Gasteiger partial charge on any atom is -0.339 e. The van der Waals surface area contributed by atoms with Crippen molar-refractivity contribution in [3.05, 3.63) is 72.2 Å². The smallest absolute Gasteiger partial charge is 0.262 e. The number of fused-ring (bicyclic) bond motifs is 2. The third-order valence-electron chi connectivity index (χ3n) is 6.09. The summed E-state index contributed by atoms with van der Waals surface area (Å²) in [4.78, 5) is 4.08. The van der Waals surface area contributed by atoms with Crippen LogP contribution in [0.5, 0.6) is 0 Å². The van der Waals surface area contributed by atoms with Gasteiger partial charge in [0.2, 0.25) is 0 Å². The third-order valence-corrected chi connectivity index (χ3v) is 7.93. The average Bonchev–Trinajstić information content (AvgIpc) is 3.17. The van der Waals surface area contributed by atoms with E-state index in [4.69, 9.17) is 0 Å². The van der Waals surface area contributed by atoms with E-state index in [0.717, 1.165) is 0 Å². The highest BCUT2D eigenvalue weighted by Gasteiger charge is 2.57. The molecule has 0 radical (unpaired) electrons. The van der Waals surface area contributed by atoms with Gasteiger partial charge in [0.15, 0.2) is 5.03 Å². The predicted molar refractivity (Wildman–Crippen MR) is 112 cm³/mol. The number of sulfonamides is 1. The van der Waals surface area contributed by atoms with Gasteiger partial charge in [0.1, 0.15) is 0 Å². The van der Waals surface area contributed by atoms with Crippen LogP contribution in [0, 0.1) is 6.92 Å². The number of imidazole rings is 1. The number of rotatable bonds is 4. The van der Waals surface area contributed by atoms with Crippen molar-refractivity contribution >= 4 is 10.0 Å². The SMILES string of the molecule is Cc1ccc(-c2ccc(C3[C@H]4CNC[C@@H]3N4S(=O)(=O)c3cn(C)cn3)cc2)cc1. The van der Waals surface area contributed by atoms with Crippen molar-refractivity contribution in [2.45, 2.75) is 30.0 Å². The summed E-state index contributed by atoms with van der Waals surface area (Å²) in [5.41, 5.74) is 4.81. The number of benzene rings is 2. The zero-order chi connectivity index (χ0) is 20.2. The lowest BCUT2D eigenvalue weighted by atomic mass is 9.74. The van der Waals surface area contributed by atoms with E-state index < -0.39 is 10.0 Å². The number of hydrogen-bond acceptors (Lipinski definition) is 4. The van der Waals surface area contributed by atoms with Crippen molar-refractivity contribution < 1.29 is 8.42 Å². The normalized spacial score (nSPS) is 24.3. The van der Waals surface area contributed by atoms with Crippen molar-refractivity contribution in [3.63, 3.8) is 0 Å². The molecule has 1 unspecified atom stereocenters. The topological polar surface area (TPSA) is 67.2 Å². The molecule has 0 amide bonds. The molecule has 2 fully saturated rings. The number of hydrogen-bond donors (Lipinski definition) is 1. The van der Waals surface area contributed by atoms with Gasteiger partial charge in [-0.1, -0.05) is 54.1 Å². The summed E-state index contributed by atoms with van der Waals surface area (Å²) in [7, 11) is -1.79. The second-order valence-electron chi connectivity index (χ2n) is 8.02. The number of aromatic nitrogens is 2. The Balaban J connectivity index is 1.41. The van der Waals surface area contributed by atoms with Crippen LogP contribution in [0.2, 0.25) is 0 Å². The zero-order valence-corrected chi connectivity index (χ0v) is 17.3. The van der Waals surface area contributed by atoms with Gasteiger partial charge in [-0.15, -0.1) is 0 Å². The number of piperidine rings is 1. The quantitative estimate of drug-likeness (QED) is 0.720. The molecule has 150 valence electrons. The molecule has 2 bridgehead atoms. The predicted octanol–water partition coefficient (Wildman–Crippen LogP) is 2.52. The Hall–Kier alpha value is -2.48. The number of nitrogens with one attached hydrogen (secondary N) is 1. The first kappa shape index (κ1) is 18.5. The van der Waals surface area contributed by atoms with Crippen LogP contribution in [0.1, 0.15) is 17.0 Å². The third kappa shape index (κ3) is 3.01. The van der Waals surface area contributed by atoms with Gasteiger partial charge in [-0.2, -0.15) is 4.31 Å². The summed E-state index contributed by atoms with van der Waals surface area (Å²) < 4.78 is 29.5. The van der Waals surface area contributed by atoms with Crippen molar-refractivity contribution in [1.82, 2.24) is 19.2 Å². The van der Waals surface area contributed by atoms with E-state index in [-0.39, 0.29) is 23.0 Å². The maximum atomic E-state index is 13.1. The maximum Gasteiger partial charge on any atom is 0.262 e. The standard InChI is InChI=1S/C22H24N4O2S/c1-15-3-5-16(6-4-15)17-7-9-18(10-8-17)22-19-11-23-12-20(22)26(19)29(27,28)21-13-25(2)14-24-21/h3-10,13-14,19-20,22-23H,11-12H2,1-2H3/t19-,20+,22?. The Morgan fingerprint density at radius 1 is 0.966 bits per heavy atom. The first-order chi connectivity index (χ1) is 13.9. The van der Waals surface area contributed by atoms with Crippen LogP contribution in [-0.2, 0) is 17.1 Å². The largest absolute Gasteiger partial charge is 0.339 e. The second kappa shape index (κ2) is 6.79. The van der Waals surface area contributed by atoms with Crippen molar-refractivity contribution in [2.24, 2.45) is 7.05 Å². The van der Waals surface area contributed by atoms with Gasteiger partial charge in [-0.05, 0) is 23.6 Å². The molecular formula is C22H24N4O2S. The molecule has 3 atom stereocenters. The summed E-state index contributed by atoms with van der Waals surface area (Å²) in [5.74, 6) is 0.210. The fraction of sp³-hybridized carbons (Fsp3) is 0.318. The van der Waals surface area contributed by atoms with Gasteiger partial charge in [0.05, 0.1) is 6.33 Å². The molecule has 1 N–H and O–H groups in total. The minimum atomic E-state index is -3.58. The van der Waals surface area contributed by atoms with E-state index in [9.17, 15) is 8.42 Å². The molecule has 3 heterocycles. The lowest BCUT2D eigenvalue weighted by molar-refractivity contribution is 0.0368. The van der Waals surface area contributed by atoms with E-state index in [1.807, 2.05) is 0 Å². The molecule has 2 aliphatic heterocycles. The van der Waals surface area contributed by atoms with E-state index in [1.165, 1.54) is 28.6 Å². The fourth-order valence-electron chi connectivity index (χ4n) is 4.61. The second-order valence-corrected chi connectivity index (χ2v) is 9.81. The maximum absolute atomic E-state index is 13.1. The summed E-state index contributed by atoms with van der Waals surface area (Å²) in [5, 5.41) is 3.48. The van der Waals surface area contributed by atoms with Crippen molar-refractivity contribution in [1.29, 1.82) is 0 Å². The van der Waals surface area contributed by atoms with Gasteiger partial charge in [0.25, 0.3) is 10.0 Å². The number of nitrogens with zero attached hydrogens (tertiary/aromatic N) is 3. The summed E-state index contributed by atoms with van der Waals surface area (Å²) >= 11 is 0. The molecule has 2 aliphatic rings. The highest BCUT2D eigenvalue weighted by Crippen LogP contribution is 2.45. The first-order valence-corrected chi connectivity index (χ1v) is 11.3. The Morgan fingerprint density at radius 2 is 1.55 bits per heavy atom. The van der Waals surface area contributed by atoms with Gasteiger partial charge in [0, 0.05) is 44.3 Å². The van der Waals surface area contributed by atoms with E-state index in [1.54, 1.807) is 22.1 Å². The van der Waals surface area contributed by atoms with Crippen molar-refractivity contribution in [3.8, 4) is 11.1 Å². The molecular weight excluding hydrogens is 384 g/mol. The number of piperazine rings is 1. The van der Waals surface area contributed by atoms with E-state index in [2.05, 4.69) is 65.8 Å². The van der Waals surface area contributed by atoms with E-state index in [0.29, 0.717) is 13.1 Å². The molecule has 6 nitrogen and oxygen atoms in total. The molecule has 5 rings (SSSR count). The molecule has 1 aromatic heterocycles. The Kier molecular flexibility index (Phi) is 4.34. The molecule has 7 heteroatoms. The lowest BCUT2D eigenvalue weighted by Gasteiger charge is -2.57. The van der Waals surface area contributed by atoms with Crippen LogP contribution >= 0.6 is 0 Å².